The van der Waals surface area contributed by atoms with E-state index >= 15 is 0 Å². The molecule has 20 heavy (non-hydrogen) atoms. The second kappa shape index (κ2) is 4.56. The number of fused-ring (bicyclic) bond motifs is 3. The van der Waals surface area contributed by atoms with Gasteiger partial charge in [0.15, 0.2) is 0 Å². The molecule has 4 heteroatoms. The molecule has 1 aliphatic carbocycles. The van der Waals surface area contributed by atoms with E-state index < -0.39 is 0 Å². The van der Waals surface area contributed by atoms with Crippen LogP contribution in [0.1, 0.15) is 22.4 Å². The van der Waals surface area contributed by atoms with E-state index in [1.165, 1.54) is 34.2 Å². The van der Waals surface area contributed by atoms with Crippen LogP contribution in [0.4, 0.5) is 11.5 Å². The Labute approximate surface area is 121 Å². The minimum absolute atomic E-state index is 0.943. The second-order valence-corrected chi connectivity index (χ2v) is 6.33. The number of hydrogen-bond acceptors (Lipinski definition) is 4. The van der Waals surface area contributed by atoms with E-state index in [9.17, 15) is 0 Å². The molecule has 2 heterocycles. The topological polar surface area (TPSA) is 37.8 Å². The van der Waals surface area contributed by atoms with Crippen molar-refractivity contribution >= 4 is 33.1 Å². The number of nitrogens with one attached hydrogen (secondary N) is 1. The fraction of sp³-hybridized carbons (Fsp3) is 0.250. The molecule has 1 aromatic carbocycles. The van der Waals surface area contributed by atoms with Crippen molar-refractivity contribution in [2.45, 2.75) is 26.2 Å². The summed E-state index contributed by atoms with van der Waals surface area (Å²) in [5.74, 6) is 0.943. The van der Waals surface area contributed by atoms with Gasteiger partial charge in [0.1, 0.15) is 17.0 Å². The molecule has 1 N–H and O–H groups in total. The highest BCUT2D eigenvalue weighted by Crippen LogP contribution is 2.39. The Kier molecular flexibility index (Phi) is 2.70. The summed E-state index contributed by atoms with van der Waals surface area (Å²) in [5.41, 5.74) is 3.80. The molecule has 3 nitrogen and oxygen atoms in total. The number of anilines is 2. The number of hydrogen-bond donors (Lipinski definition) is 1. The second-order valence-electron chi connectivity index (χ2n) is 5.25. The Morgan fingerprint density at radius 2 is 1.95 bits per heavy atom. The van der Waals surface area contributed by atoms with E-state index in [-0.39, 0.29) is 0 Å². The van der Waals surface area contributed by atoms with Gasteiger partial charge in [-0.05, 0) is 43.9 Å². The molecule has 0 saturated heterocycles. The molecular weight excluding hydrogens is 266 g/mol. The summed E-state index contributed by atoms with van der Waals surface area (Å²) in [4.78, 5) is 11.5. The summed E-state index contributed by atoms with van der Waals surface area (Å²) < 4.78 is 0. The SMILES string of the molecule is Cc1ccc(Nc2ncnc3sc4c(c23)CCC4)cc1. The number of rotatable bonds is 2. The molecule has 100 valence electrons. The maximum absolute atomic E-state index is 4.46. The zero-order chi connectivity index (χ0) is 13.5. The molecule has 0 aliphatic heterocycles. The van der Waals surface area contributed by atoms with Crippen molar-refractivity contribution in [3.05, 3.63) is 46.6 Å². The predicted molar refractivity (Wildman–Crippen MR) is 83.9 cm³/mol. The van der Waals surface area contributed by atoms with Crippen LogP contribution < -0.4 is 5.32 Å². The number of benzene rings is 1. The molecular formula is C16H15N3S. The average Bonchev–Trinajstić information content (AvgIpc) is 3.02. The van der Waals surface area contributed by atoms with E-state index in [1.54, 1.807) is 6.33 Å². The van der Waals surface area contributed by atoms with Crippen LogP contribution in [0.2, 0.25) is 0 Å². The third kappa shape index (κ3) is 1.88. The molecule has 0 spiro atoms. The first-order valence-corrected chi connectivity index (χ1v) is 7.72. The quantitative estimate of drug-likeness (QED) is 0.763. The lowest BCUT2D eigenvalue weighted by atomic mass is 10.2. The molecule has 2 aromatic heterocycles. The van der Waals surface area contributed by atoms with Crippen molar-refractivity contribution in [1.29, 1.82) is 0 Å². The third-order valence-electron chi connectivity index (χ3n) is 3.82. The van der Waals surface area contributed by atoms with Gasteiger partial charge < -0.3 is 5.32 Å². The molecule has 0 radical (unpaired) electrons. The molecule has 0 unspecified atom stereocenters. The molecule has 1 aliphatic rings. The standard InChI is InChI=1S/C16H15N3S/c1-10-5-7-11(8-6-10)19-15-14-12-3-2-4-13(12)20-16(14)18-9-17-15/h5-9H,2-4H2,1H3,(H,17,18,19). The summed E-state index contributed by atoms with van der Waals surface area (Å²) in [7, 11) is 0. The van der Waals surface area contributed by atoms with Gasteiger partial charge in [-0.3, -0.25) is 0 Å². The Bertz CT molecular complexity index is 774. The van der Waals surface area contributed by atoms with Crippen LogP contribution in [0.15, 0.2) is 30.6 Å². The molecule has 4 rings (SSSR count). The van der Waals surface area contributed by atoms with Crippen molar-refractivity contribution < 1.29 is 0 Å². The van der Waals surface area contributed by atoms with Gasteiger partial charge >= 0.3 is 0 Å². The highest BCUT2D eigenvalue weighted by molar-refractivity contribution is 7.19. The molecule has 0 bridgehead atoms. The van der Waals surface area contributed by atoms with Gasteiger partial charge in [-0.1, -0.05) is 17.7 Å². The Morgan fingerprint density at radius 3 is 2.80 bits per heavy atom. The summed E-state index contributed by atoms with van der Waals surface area (Å²) in [6, 6.07) is 8.41. The van der Waals surface area contributed by atoms with Crippen molar-refractivity contribution in [1.82, 2.24) is 9.97 Å². The van der Waals surface area contributed by atoms with Gasteiger partial charge in [0.25, 0.3) is 0 Å². The van der Waals surface area contributed by atoms with Crippen LogP contribution in [0.5, 0.6) is 0 Å². The van der Waals surface area contributed by atoms with Crippen molar-refractivity contribution in [2.24, 2.45) is 0 Å². The van der Waals surface area contributed by atoms with E-state index in [4.69, 9.17) is 0 Å². The van der Waals surface area contributed by atoms with Crippen molar-refractivity contribution in [3.8, 4) is 0 Å². The normalized spacial score (nSPS) is 13.7. The fourth-order valence-electron chi connectivity index (χ4n) is 2.80. The number of nitrogens with zero attached hydrogens (tertiary/aromatic N) is 2. The third-order valence-corrected chi connectivity index (χ3v) is 5.02. The van der Waals surface area contributed by atoms with E-state index in [0.29, 0.717) is 0 Å². The minimum atomic E-state index is 0.943. The monoisotopic (exact) mass is 281 g/mol. The maximum atomic E-state index is 4.46. The lowest BCUT2D eigenvalue weighted by Gasteiger charge is -2.07. The number of thiophene rings is 1. The first-order valence-electron chi connectivity index (χ1n) is 6.90. The van der Waals surface area contributed by atoms with Gasteiger partial charge in [-0.2, -0.15) is 0 Å². The molecule has 0 saturated carbocycles. The van der Waals surface area contributed by atoms with Gasteiger partial charge in [0.2, 0.25) is 0 Å². The zero-order valence-electron chi connectivity index (χ0n) is 11.3. The minimum Gasteiger partial charge on any atom is -0.340 e. The lowest BCUT2D eigenvalue weighted by Crippen LogP contribution is -1.96. The Hall–Kier alpha value is -1.94. The van der Waals surface area contributed by atoms with E-state index in [0.717, 1.165) is 22.8 Å². The van der Waals surface area contributed by atoms with Gasteiger partial charge in [-0.25, -0.2) is 9.97 Å². The van der Waals surface area contributed by atoms with Crippen LogP contribution in [-0.2, 0) is 12.8 Å². The first kappa shape index (κ1) is 11.9. The number of aromatic nitrogens is 2. The van der Waals surface area contributed by atoms with Crippen LogP contribution >= 0.6 is 11.3 Å². The summed E-state index contributed by atoms with van der Waals surface area (Å²) in [6.07, 6.45) is 5.27. The fourth-order valence-corrected chi connectivity index (χ4v) is 4.03. The van der Waals surface area contributed by atoms with Crippen LogP contribution in [0.25, 0.3) is 10.2 Å². The van der Waals surface area contributed by atoms with Crippen LogP contribution in [0, 0.1) is 6.92 Å². The average molecular weight is 281 g/mol. The molecule has 0 fully saturated rings. The largest absolute Gasteiger partial charge is 0.340 e. The van der Waals surface area contributed by atoms with Crippen molar-refractivity contribution in [2.75, 3.05) is 5.32 Å². The number of aryl methyl sites for hydroxylation is 3. The van der Waals surface area contributed by atoms with E-state index in [1.807, 2.05) is 11.3 Å². The predicted octanol–water partition coefficient (Wildman–Crippen LogP) is 4.23. The zero-order valence-corrected chi connectivity index (χ0v) is 12.1. The summed E-state index contributed by atoms with van der Waals surface area (Å²) in [5, 5.41) is 4.67. The first-order chi connectivity index (χ1) is 9.81. The smallest absolute Gasteiger partial charge is 0.142 e. The summed E-state index contributed by atoms with van der Waals surface area (Å²) in [6.45, 7) is 2.10. The van der Waals surface area contributed by atoms with Crippen molar-refractivity contribution in [3.63, 3.8) is 0 Å². The Balaban J connectivity index is 1.81. The van der Waals surface area contributed by atoms with E-state index in [2.05, 4.69) is 46.5 Å². The van der Waals surface area contributed by atoms with Crippen LogP contribution in [-0.4, -0.2) is 9.97 Å². The highest BCUT2D eigenvalue weighted by atomic mass is 32.1. The maximum Gasteiger partial charge on any atom is 0.142 e. The van der Waals surface area contributed by atoms with Crippen LogP contribution in [0.3, 0.4) is 0 Å². The lowest BCUT2D eigenvalue weighted by molar-refractivity contribution is 0.917. The molecule has 0 amide bonds. The molecule has 3 aromatic rings. The highest BCUT2D eigenvalue weighted by Gasteiger charge is 2.21. The van der Waals surface area contributed by atoms with Gasteiger partial charge in [0.05, 0.1) is 5.39 Å². The molecule has 0 atom stereocenters. The summed E-state index contributed by atoms with van der Waals surface area (Å²) >= 11 is 1.82. The Morgan fingerprint density at radius 1 is 1.10 bits per heavy atom. The van der Waals surface area contributed by atoms with Gasteiger partial charge in [-0.15, -0.1) is 11.3 Å². The van der Waals surface area contributed by atoms with Gasteiger partial charge in [0, 0.05) is 10.6 Å².